The molecular formula is C29H35FN6O2. The van der Waals surface area contributed by atoms with Gasteiger partial charge < -0.3 is 9.72 Å². The highest BCUT2D eigenvalue weighted by atomic mass is 19.1. The lowest BCUT2D eigenvalue weighted by molar-refractivity contribution is 0.0476. The van der Waals surface area contributed by atoms with Crippen molar-refractivity contribution < 1.29 is 9.13 Å². The molecule has 4 aromatic rings. The lowest BCUT2D eigenvalue weighted by atomic mass is 10.0. The van der Waals surface area contributed by atoms with Crippen LogP contribution in [-0.2, 0) is 24.2 Å². The van der Waals surface area contributed by atoms with E-state index in [1.807, 2.05) is 12.1 Å². The van der Waals surface area contributed by atoms with Crippen molar-refractivity contribution in [1.29, 1.82) is 0 Å². The molecule has 0 radical (unpaired) electrons. The van der Waals surface area contributed by atoms with Gasteiger partial charge in [-0.05, 0) is 83.0 Å². The maximum absolute atomic E-state index is 13.5. The number of hydrogen-bond acceptors (Lipinski definition) is 6. The summed E-state index contributed by atoms with van der Waals surface area (Å²) >= 11 is 0. The van der Waals surface area contributed by atoms with E-state index in [4.69, 9.17) is 4.74 Å². The topological polar surface area (TPSA) is 88.9 Å². The average Bonchev–Trinajstić information content (AvgIpc) is 3.61. The van der Waals surface area contributed by atoms with Crippen molar-refractivity contribution in [1.82, 2.24) is 30.1 Å². The Kier molecular flexibility index (Phi) is 8.24. The molecule has 0 saturated carbocycles. The van der Waals surface area contributed by atoms with Gasteiger partial charge in [-0.3, -0.25) is 9.69 Å². The number of tetrazole rings is 1. The summed E-state index contributed by atoms with van der Waals surface area (Å²) in [5.41, 5.74) is 3.62. The molecule has 3 heterocycles. The van der Waals surface area contributed by atoms with Crippen molar-refractivity contribution in [3.05, 3.63) is 87.2 Å². The first kappa shape index (κ1) is 26.2. The van der Waals surface area contributed by atoms with Gasteiger partial charge >= 0.3 is 0 Å². The summed E-state index contributed by atoms with van der Waals surface area (Å²) in [6.07, 6.45) is 4.80. The molecule has 1 fully saturated rings. The molecule has 1 N–H and O–H groups in total. The first-order valence-corrected chi connectivity index (χ1v) is 13.5. The number of halogens is 1. The maximum Gasteiger partial charge on any atom is 0.252 e. The zero-order valence-electron chi connectivity index (χ0n) is 22.1. The fourth-order valence-electron chi connectivity index (χ4n) is 5.28. The van der Waals surface area contributed by atoms with Crippen LogP contribution in [0.4, 0.5) is 4.39 Å². The van der Waals surface area contributed by atoms with E-state index >= 15 is 0 Å². The minimum Gasteiger partial charge on any atom is -0.377 e. The Morgan fingerprint density at radius 3 is 2.71 bits per heavy atom. The number of nitrogens with zero attached hydrogens (tertiary/aromatic N) is 5. The van der Waals surface area contributed by atoms with Crippen LogP contribution in [0.25, 0.3) is 10.9 Å². The summed E-state index contributed by atoms with van der Waals surface area (Å²) in [5, 5.41) is 13.7. The summed E-state index contributed by atoms with van der Waals surface area (Å²) in [7, 11) is 0. The molecule has 9 heteroatoms. The van der Waals surface area contributed by atoms with Crippen molar-refractivity contribution in [2.24, 2.45) is 0 Å². The van der Waals surface area contributed by atoms with Gasteiger partial charge in [0.1, 0.15) is 5.82 Å². The molecule has 2 atom stereocenters. The second kappa shape index (κ2) is 12.0. The highest BCUT2D eigenvalue weighted by molar-refractivity contribution is 5.79. The van der Waals surface area contributed by atoms with E-state index in [0.29, 0.717) is 25.2 Å². The maximum atomic E-state index is 13.5. The first-order valence-electron chi connectivity index (χ1n) is 13.5. The Labute approximate surface area is 221 Å². The molecule has 0 spiro atoms. The predicted molar refractivity (Wildman–Crippen MR) is 144 cm³/mol. The molecule has 0 bridgehead atoms. The fraction of sp³-hybridized carbons (Fsp3) is 0.448. The molecule has 0 aliphatic carbocycles. The molecule has 1 aliphatic rings. The highest BCUT2D eigenvalue weighted by Crippen LogP contribution is 2.28. The van der Waals surface area contributed by atoms with Gasteiger partial charge in [-0.1, -0.05) is 38.5 Å². The molecule has 5 rings (SSSR count). The second-order valence-electron chi connectivity index (χ2n) is 10.1. The first-order chi connectivity index (χ1) is 18.5. The summed E-state index contributed by atoms with van der Waals surface area (Å²) in [6, 6.07) is 14.5. The van der Waals surface area contributed by atoms with Gasteiger partial charge in [-0.2, -0.15) is 0 Å². The zero-order valence-corrected chi connectivity index (χ0v) is 22.1. The van der Waals surface area contributed by atoms with E-state index < -0.39 is 0 Å². The highest BCUT2D eigenvalue weighted by Gasteiger charge is 2.30. The number of nitrogens with one attached hydrogen (secondary N) is 1. The number of ether oxygens (including phenoxy) is 1. The second-order valence-corrected chi connectivity index (χ2v) is 10.1. The molecule has 8 nitrogen and oxygen atoms in total. The van der Waals surface area contributed by atoms with E-state index in [9.17, 15) is 9.18 Å². The molecule has 200 valence electrons. The summed E-state index contributed by atoms with van der Waals surface area (Å²) in [6.45, 7) is 6.60. The van der Waals surface area contributed by atoms with Crippen molar-refractivity contribution in [2.45, 2.75) is 71.2 Å². The van der Waals surface area contributed by atoms with Gasteiger partial charge in [0.25, 0.3) is 5.56 Å². The van der Waals surface area contributed by atoms with Gasteiger partial charge in [-0.25, -0.2) is 9.07 Å². The van der Waals surface area contributed by atoms with Gasteiger partial charge in [-0.15, -0.1) is 5.10 Å². The third-order valence-corrected chi connectivity index (χ3v) is 7.34. The van der Waals surface area contributed by atoms with Crippen LogP contribution in [0.15, 0.2) is 53.3 Å². The Balaban J connectivity index is 1.49. The van der Waals surface area contributed by atoms with Gasteiger partial charge in [0.15, 0.2) is 5.82 Å². The number of aryl methyl sites for hydroxylation is 1. The Morgan fingerprint density at radius 1 is 1.16 bits per heavy atom. The number of aromatic amines is 1. The number of fused-ring (bicyclic) bond motifs is 1. The van der Waals surface area contributed by atoms with E-state index in [1.165, 1.54) is 17.7 Å². The third-order valence-electron chi connectivity index (χ3n) is 7.34. The van der Waals surface area contributed by atoms with E-state index in [0.717, 1.165) is 61.0 Å². The molecule has 2 unspecified atom stereocenters. The van der Waals surface area contributed by atoms with E-state index in [2.05, 4.69) is 51.4 Å². The average molecular weight is 519 g/mol. The van der Waals surface area contributed by atoms with E-state index in [1.54, 1.807) is 16.8 Å². The Bertz CT molecular complexity index is 1410. The summed E-state index contributed by atoms with van der Waals surface area (Å²) in [5.74, 6) is 0.462. The molecule has 1 aliphatic heterocycles. The zero-order chi connectivity index (χ0) is 26.5. The lowest BCUT2D eigenvalue weighted by Crippen LogP contribution is -2.38. The third kappa shape index (κ3) is 6.00. The number of rotatable bonds is 11. The van der Waals surface area contributed by atoms with E-state index in [-0.39, 0.29) is 23.5 Å². The number of H-pyrrole nitrogens is 1. The van der Waals surface area contributed by atoms with Crippen LogP contribution in [0.5, 0.6) is 0 Å². The standard InChI is InChI=1S/C29H35FN6O2/c1-3-6-27(28-32-33-34-36(28)17-21-8-11-24(30)12-9-21)35(19-25-7-5-14-38-25)18-23-16-22-15-20(4-2)10-13-26(22)31-29(23)37/h8-13,15-16,25,27H,3-7,14,17-19H2,1-2H3,(H,31,37). The number of hydrogen-bond donors (Lipinski definition) is 1. The predicted octanol–water partition coefficient (Wildman–Crippen LogP) is 4.79. The summed E-state index contributed by atoms with van der Waals surface area (Å²) < 4.78 is 21.3. The molecule has 0 amide bonds. The smallest absolute Gasteiger partial charge is 0.252 e. The van der Waals surface area contributed by atoms with Crippen LogP contribution in [-0.4, -0.2) is 49.3 Å². The number of pyridine rings is 1. The van der Waals surface area contributed by atoms with Gasteiger partial charge in [0.05, 0.1) is 18.7 Å². The van der Waals surface area contributed by atoms with Crippen molar-refractivity contribution >= 4 is 10.9 Å². The van der Waals surface area contributed by atoms with Crippen LogP contribution in [0.2, 0.25) is 0 Å². The normalized spacial score (nSPS) is 16.5. The number of aromatic nitrogens is 5. The summed E-state index contributed by atoms with van der Waals surface area (Å²) in [4.78, 5) is 18.5. The van der Waals surface area contributed by atoms with Gasteiger partial charge in [0.2, 0.25) is 0 Å². The molecule has 2 aromatic carbocycles. The van der Waals surface area contributed by atoms with Crippen LogP contribution in [0.1, 0.15) is 68.1 Å². The SMILES string of the molecule is CCCC(c1nnnn1Cc1ccc(F)cc1)N(Cc1cc2cc(CC)ccc2[nH]c1=O)CC1CCCO1. The van der Waals surface area contributed by atoms with Crippen molar-refractivity contribution in [2.75, 3.05) is 13.2 Å². The minimum atomic E-state index is -0.274. The molecule has 1 saturated heterocycles. The lowest BCUT2D eigenvalue weighted by Gasteiger charge is -2.32. The molecule has 2 aromatic heterocycles. The molecular weight excluding hydrogens is 483 g/mol. The quantitative estimate of drug-likeness (QED) is 0.307. The largest absolute Gasteiger partial charge is 0.377 e. The van der Waals surface area contributed by atoms with Crippen molar-refractivity contribution in [3.63, 3.8) is 0 Å². The van der Waals surface area contributed by atoms with Crippen LogP contribution in [0.3, 0.4) is 0 Å². The molecule has 38 heavy (non-hydrogen) atoms. The fourth-order valence-corrected chi connectivity index (χ4v) is 5.28. The Morgan fingerprint density at radius 2 is 1.97 bits per heavy atom. The van der Waals surface area contributed by atoms with Gasteiger partial charge in [0, 0.05) is 30.8 Å². The number of benzene rings is 2. The Hall–Kier alpha value is -3.43. The van der Waals surface area contributed by atoms with Crippen LogP contribution >= 0.6 is 0 Å². The monoisotopic (exact) mass is 518 g/mol. The van der Waals surface area contributed by atoms with Crippen LogP contribution in [0, 0.1) is 5.82 Å². The minimum absolute atomic E-state index is 0.0831. The van der Waals surface area contributed by atoms with Crippen molar-refractivity contribution in [3.8, 4) is 0 Å². The van der Waals surface area contributed by atoms with Crippen LogP contribution < -0.4 is 5.56 Å².